The molecule has 196 valence electrons. The minimum absolute atomic E-state index is 0.0235. The lowest BCUT2D eigenvalue weighted by atomic mass is 9.80. The molecule has 5 rings (SSSR count). The summed E-state index contributed by atoms with van der Waals surface area (Å²) in [4.78, 5) is 17.3. The van der Waals surface area contributed by atoms with Gasteiger partial charge in [-0.2, -0.15) is 0 Å². The van der Waals surface area contributed by atoms with Crippen LogP contribution in [-0.2, 0) is 16.1 Å². The molecule has 1 aliphatic heterocycles. The molecule has 1 saturated carbocycles. The first-order chi connectivity index (χ1) is 18.2. The Hall–Kier alpha value is -2.85. The fourth-order valence-electron chi connectivity index (χ4n) is 6.64. The first-order valence-corrected chi connectivity index (χ1v) is 14.4. The number of ether oxygens (including phenoxy) is 1. The topological polar surface area (TPSA) is 32.8 Å². The molecule has 1 heterocycles. The van der Waals surface area contributed by atoms with E-state index in [9.17, 15) is 4.79 Å². The summed E-state index contributed by atoms with van der Waals surface area (Å²) in [5.74, 6) is 0.606. The minimum atomic E-state index is -0.0287. The number of rotatable bonds is 8. The predicted molar refractivity (Wildman–Crippen MR) is 153 cm³/mol. The van der Waals surface area contributed by atoms with Crippen molar-refractivity contribution in [3.63, 3.8) is 0 Å². The molecule has 0 amide bonds. The lowest BCUT2D eigenvalue weighted by Crippen LogP contribution is -2.39. The molecule has 1 saturated heterocycles. The van der Waals surface area contributed by atoms with E-state index in [1.54, 1.807) is 0 Å². The van der Waals surface area contributed by atoms with E-state index in [4.69, 9.17) is 4.74 Å². The number of piperidine rings is 1. The van der Waals surface area contributed by atoms with Gasteiger partial charge in [-0.1, -0.05) is 67.1 Å². The van der Waals surface area contributed by atoms with E-state index in [1.165, 1.54) is 53.3 Å². The van der Waals surface area contributed by atoms with Crippen LogP contribution in [0.4, 0.5) is 5.69 Å². The average molecular weight is 499 g/mol. The van der Waals surface area contributed by atoms with Crippen LogP contribution in [0.3, 0.4) is 0 Å². The Morgan fingerprint density at radius 1 is 0.946 bits per heavy atom. The summed E-state index contributed by atoms with van der Waals surface area (Å²) in [6.45, 7) is 8.47. The van der Waals surface area contributed by atoms with E-state index in [2.05, 4.69) is 83.5 Å². The Balaban J connectivity index is 1.24. The molecule has 37 heavy (non-hydrogen) atoms. The molecule has 0 bridgehead atoms. The number of hydrogen-bond donors (Lipinski definition) is 0. The summed E-state index contributed by atoms with van der Waals surface area (Å²) < 4.78 is 5.28. The Labute approximate surface area is 222 Å². The summed E-state index contributed by atoms with van der Waals surface area (Å²) in [6.07, 6.45) is 7.05. The highest BCUT2D eigenvalue weighted by atomic mass is 16.5. The molecule has 3 aromatic rings. The van der Waals surface area contributed by atoms with Gasteiger partial charge in [0.2, 0.25) is 0 Å². The maximum atomic E-state index is 12.2. The van der Waals surface area contributed by atoms with Crippen molar-refractivity contribution >= 4 is 22.4 Å². The standard InChI is InChI=1S/C33H42N2O2/c1-3-35(32-16-8-11-27-10-5-6-15-31(27)32)30-14-7-12-28(22-30)26-19-17-25(18-20-26)23-34-21-9-13-29(24-34)33(36)37-4-2/h5-6,8,10-11,15-20,28-30H,3-4,7,9,12-14,21-24H2,1-2H3. The summed E-state index contributed by atoms with van der Waals surface area (Å²) in [6, 6.07) is 25.4. The summed E-state index contributed by atoms with van der Waals surface area (Å²) >= 11 is 0. The number of nitrogens with zero attached hydrogens (tertiary/aromatic N) is 2. The van der Waals surface area contributed by atoms with Gasteiger partial charge in [0.15, 0.2) is 0 Å². The van der Waals surface area contributed by atoms with Crippen LogP contribution in [0.15, 0.2) is 66.7 Å². The van der Waals surface area contributed by atoms with Gasteiger partial charge >= 0.3 is 5.97 Å². The second kappa shape index (κ2) is 12.1. The van der Waals surface area contributed by atoms with Crippen LogP contribution in [0.2, 0.25) is 0 Å². The van der Waals surface area contributed by atoms with Gasteiger partial charge in [-0.05, 0) is 81.0 Å². The first kappa shape index (κ1) is 25.8. The van der Waals surface area contributed by atoms with Gasteiger partial charge in [-0.25, -0.2) is 0 Å². The van der Waals surface area contributed by atoms with E-state index in [-0.39, 0.29) is 11.9 Å². The van der Waals surface area contributed by atoms with Crippen molar-refractivity contribution < 1.29 is 9.53 Å². The molecule has 3 aromatic carbocycles. The van der Waals surface area contributed by atoms with Crippen molar-refractivity contribution in [1.29, 1.82) is 0 Å². The van der Waals surface area contributed by atoms with Crippen LogP contribution in [-0.4, -0.2) is 43.2 Å². The SMILES string of the molecule is CCOC(=O)C1CCCN(Cc2ccc(C3CCCC(N(CC)c4cccc5ccccc45)C3)cc2)C1. The zero-order chi connectivity index (χ0) is 25.6. The number of benzene rings is 3. The first-order valence-electron chi connectivity index (χ1n) is 14.4. The van der Waals surface area contributed by atoms with E-state index >= 15 is 0 Å². The lowest BCUT2D eigenvalue weighted by Gasteiger charge is -2.39. The quantitative estimate of drug-likeness (QED) is 0.308. The fourth-order valence-corrected chi connectivity index (χ4v) is 6.64. The van der Waals surface area contributed by atoms with Crippen molar-refractivity contribution in [2.24, 2.45) is 5.92 Å². The molecule has 2 fully saturated rings. The molecule has 0 radical (unpaired) electrons. The third kappa shape index (κ3) is 6.01. The summed E-state index contributed by atoms with van der Waals surface area (Å²) in [5.41, 5.74) is 4.20. The highest BCUT2D eigenvalue weighted by Gasteiger charge is 2.29. The van der Waals surface area contributed by atoms with E-state index in [0.29, 0.717) is 18.6 Å². The molecule has 4 nitrogen and oxygen atoms in total. The second-order valence-corrected chi connectivity index (χ2v) is 10.9. The maximum absolute atomic E-state index is 12.2. The summed E-state index contributed by atoms with van der Waals surface area (Å²) in [5, 5.41) is 2.69. The van der Waals surface area contributed by atoms with E-state index in [0.717, 1.165) is 39.0 Å². The molecule has 3 unspecified atom stereocenters. The Morgan fingerprint density at radius 3 is 2.57 bits per heavy atom. The van der Waals surface area contributed by atoms with Gasteiger partial charge in [0.1, 0.15) is 0 Å². The Bertz CT molecular complexity index is 1170. The molecule has 0 spiro atoms. The van der Waals surface area contributed by atoms with Crippen LogP contribution < -0.4 is 4.90 Å². The lowest BCUT2D eigenvalue weighted by molar-refractivity contribution is -0.150. The van der Waals surface area contributed by atoms with Crippen molar-refractivity contribution in [3.8, 4) is 0 Å². The molecule has 0 aromatic heterocycles. The normalized spacial score (nSPS) is 22.6. The molecular weight excluding hydrogens is 456 g/mol. The predicted octanol–water partition coefficient (Wildman–Crippen LogP) is 7.17. The van der Waals surface area contributed by atoms with E-state index in [1.807, 2.05) is 6.92 Å². The monoisotopic (exact) mass is 498 g/mol. The maximum Gasteiger partial charge on any atom is 0.310 e. The molecule has 3 atom stereocenters. The number of carbonyl (C=O) groups is 1. The smallest absolute Gasteiger partial charge is 0.310 e. The zero-order valence-corrected chi connectivity index (χ0v) is 22.6. The van der Waals surface area contributed by atoms with Crippen LogP contribution in [0.25, 0.3) is 10.8 Å². The average Bonchev–Trinajstić information content (AvgIpc) is 2.94. The number of esters is 1. The van der Waals surface area contributed by atoms with Crippen molar-refractivity contribution in [1.82, 2.24) is 4.90 Å². The molecule has 2 aliphatic rings. The minimum Gasteiger partial charge on any atom is -0.466 e. The number of anilines is 1. The number of hydrogen-bond acceptors (Lipinski definition) is 4. The van der Waals surface area contributed by atoms with Crippen molar-refractivity contribution in [2.45, 2.75) is 70.9 Å². The molecule has 1 aliphatic carbocycles. The van der Waals surface area contributed by atoms with Crippen LogP contribution >= 0.6 is 0 Å². The summed E-state index contributed by atoms with van der Waals surface area (Å²) in [7, 11) is 0. The van der Waals surface area contributed by atoms with E-state index < -0.39 is 0 Å². The molecule has 0 N–H and O–H groups in total. The highest BCUT2D eigenvalue weighted by Crippen LogP contribution is 2.38. The second-order valence-electron chi connectivity index (χ2n) is 10.9. The van der Waals surface area contributed by atoms with Gasteiger partial charge in [-0.15, -0.1) is 0 Å². The number of likely N-dealkylation sites (tertiary alicyclic amines) is 1. The number of fused-ring (bicyclic) bond motifs is 1. The Morgan fingerprint density at radius 2 is 1.76 bits per heavy atom. The van der Waals surface area contributed by atoms with Gasteiger partial charge in [0.25, 0.3) is 0 Å². The van der Waals surface area contributed by atoms with Crippen molar-refractivity contribution in [3.05, 3.63) is 77.9 Å². The fraction of sp³-hybridized carbons (Fsp3) is 0.485. The van der Waals surface area contributed by atoms with Gasteiger partial charge in [0.05, 0.1) is 12.5 Å². The van der Waals surface area contributed by atoms with Gasteiger partial charge < -0.3 is 9.64 Å². The molecule has 4 heteroatoms. The third-order valence-corrected chi connectivity index (χ3v) is 8.49. The molecular formula is C33H42N2O2. The third-order valence-electron chi connectivity index (χ3n) is 8.49. The highest BCUT2D eigenvalue weighted by molar-refractivity contribution is 5.94. The van der Waals surface area contributed by atoms with Crippen LogP contribution in [0.1, 0.15) is 69.4 Å². The largest absolute Gasteiger partial charge is 0.466 e. The van der Waals surface area contributed by atoms with Crippen LogP contribution in [0, 0.1) is 5.92 Å². The zero-order valence-electron chi connectivity index (χ0n) is 22.6. The van der Waals surface area contributed by atoms with Gasteiger partial charge in [-0.3, -0.25) is 9.69 Å². The van der Waals surface area contributed by atoms with Crippen LogP contribution in [0.5, 0.6) is 0 Å². The number of carbonyl (C=O) groups excluding carboxylic acids is 1. The van der Waals surface area contributed by atoms with Crippen molar-refractivity contribution in [2.75, 3.05) is 31.1 Å². The van der Waals surface area contributed by atoms with Gasteiger partial charge in [0, 0.05) is 36.7 Å². The Kier molecular flexibility index (Phi) is 8.45.